The Labute approximate surface area is 102 Å². The van der Waals surface area contributed by atoms with E-state index in [1.807, 2.05) is 16.8 Å². The second kappa shape index (κ2) is 4.55. The third-order valence-electron chi connectivity index (χ3n) is 2.05. The van der Waals surface area contributed by atoms with Crippen LogP contribution >= 0.6 is 22.9 Å². The van der Waals surface area contributed by atoms with E-state index in [-0.39, 0.29) is 5.91 Å². The summed E-state index contributed by atoms with van der Waals surface area (Å²) < 4.78 is 0. The first-order valence-electron chi connectivity index (χ1n) is 4.56. The van der Waals surface area contributed by atoms with Gasteiger partial charge in [-0.25, -0.2) is 0 Å². The van der Waals surface area contributed by atoms with E-state index >= 15 is 0 Å². The van der Waals surface area contributed by atoms with E-state index in [0.717, 1.165) is 5.69 Å². The average molecular weight is 253 g/mol. The zero-order valence-electron chi connectivity index (χ0n) is 8.24. The summed E-state index contributed by atoms with van der Waals surface area (Å²) in [7, 11) is 0. The SMILES string of the molecule is Nc1cccc(Cl)c1C(=O)Nc1ccsc1. The maximum Gasteiger partial charge on any atom is 0.259 e. The number of nitrogen functional groups attached to an aromatic ring is 1. The fraction of sp³-hybridized carbons (Fsp3) is 0. The van der Waals surface area contributed by atoms with Gasteiger partial charge >= 0.3 is 0 Å². The molecule has 1 heterocycles. The van der Waals surface area contributed by atoms with Gasteiger partial charge in [-0.1, -0.05) is 17.7 Å². The van der Waals surface area contributed by atoms with Crippen LogP contribution in [0.2, 0.25) is 5.02 Å². The van der Waals surface area contributed by atoms with Crippen LogP contribution in [0.15, 0.2) is 35.0 Å². The van der Waals surface area contributed by atoms with E-state index in [0.29, 0.717) is 16.3 Å². The number of nitrogens with one attached hydrogen (secondary N) is 1. The number of amides is 1. The Hall–Kier alpha value is -1.52. The van der Waals surface area contributed by atoms with Crippen LogP contribution in [0.3, 0.4) is 0 Å². The van der Waals surface area contributed by atoms with Gasteiger partial charge in [0.25, 0.3) is 5.91 Å². The van der Waals surface area contributed by atoms with Crippen LogP contribution in [-0.2, 0) is 0 Å². The Morgan fingerprint density at radius 1 is 1.38 bits per heavy atom. The molecule has 0 saturated carbocycles. The number of hydrogen-bond donors (Lipinski definition) is 2. The zero-order chi connectivity index (χ0) is 11.5. The lowest BCUT2D eigenvalue weighted by atomic mass is 10.1. The smallest absolute Gasteiger partial charge is 0.259 e. The van der Waals surface area contributed by atoms with E-state index < -0.39 is 0 Å². The first kappa shape index (κ1) is 11.0. The van der Waals surface area contributed by atoms with Crippen molar-refractivity contribution in [2.45, 2.75) is 0 Å². The summed E-state index contributed by atoms with van der Waals surface area (Å²) in [6, 6.07) is 6.81. The molecular weight excluding hydrogens is 244 g/mol. The van der Waals surface area contributed by atoms with Crippen molar-refractivity contribution in [1.29, 1.82) is 0 Å². The van der Waals surface area contributed by atoms with Crippen LogP contribution in [-0.4, -0.2) is 5.91 Å². The molecule has 5 heteroatoms. The highest BCUT2D eigenvalue weighted by Gasteiger charge is 2.13. The van der Waals surface area contributed by atoms with Crippen molar-refractivity contribution >= 4 is 40.2 Å². The normalized spacial score (nSPS) is 10.1. The van der Waals surface area contributed by atoms with E-state index in [4.69, 9.17) is 17.3 Å². The summed E-state index contributed by atoms with van der Waals surface area (Å²) in [5, 5.41) is 6.80. The van der Waals surface area contributed by atoms with Gasteiger partial charge < -0.3 is 11.1 Å². The maximum absolute atomic E-state index is 11.9. The molecule has 0 radical (unpaired) electrons. The molecule has 1 aromatic heterocycles. The van der Waals surface area contributed by atoms with Gasteiger partial charge in [0.15, 0.2) is 0 Å². The molecule has 0 fully saturated rings. The fourth-order valence-electron chi connectivity index (χ4n) is 1.31. The number of rotatable bonds is 2. The number of anilines is 2. The predicted molar refractivity (Wildman–Crippen MR) is 68.1 cm³/mol. The van der Waals surface area contributed by atoms with Gasteiger partial charge in [0.2, 0.25) is 0 Å². The first-order valence-corrected chi connectivity index (χ1v) is 5.88. The molecule has 0 atom stereocenters. The van der Waals surface area contributed by atoms with E-state index in [1.165, 1.54) is 11.3 Å². The first-order chi connectivity index (χ1) is 7.68. The Morgan fingerprint density at radius 3 is 2.81 bits per heavy atom. The van der Waals surface area contributed by atoms with Crippen molar-refractivity contribution in [3.8, 4) is 0 Å². The summed E-state index contributed by atoms with van der Waals surface area (Å²) in [5.41, 5.74) is 7.14. The summed E-state index contributed by atoms with van der Waals surface area (Å²) in [6.45, 7) is 0. The number of nitrogens with two attached hydrogens (primary N) is 1. The molecule has 0 bridgehead atoms. The molecule has 2 rings (SSSR count). The number of halogens is 1. The molecule has 0 aliphatic rings. The molecule has 0 spiro atoms. The van der Waals surface area contributed by atoms with E-state index in [9.17, 15) is 4.79 Å². The van der Waals surface area contributed by atoms with Crippen molar-refractivity contribution < 1.29 is 4.79 Å². The zero-order valence-corrected chi connectivity index (χ0v) is 9.81. The third kappa shape index (κ3) is 2.18. The van der Waals surface area contributed by atoms with Crippen LogP contribution in [0, 0.1) is 0 Å². The average Bonchev–Trinajstić information content (AvgIpc) is 2.70. The van der Waals surface area contributed by atoms with Crippen molar-refractivity contribution in [3.63, 3.8) is 0 Å². The van der Waals surface area contributed by atoms with Crippen molar-refractivity contribution in [2.75, 3.05) is 11.1 Å². The molecule has 0 unspecified atom stereocenters. The number of hydrogen-bond acceptors (Lipinski definition) is 3. The molecule has 0 aliphatic carbocycles. The van der Waals surface area contributed by atoms with Gasteiger partial charge in [0, 0.05) is 11.1 Å². The van der Waals surface area contributed by atoms with Crippen molar-refractivity contribution in [2.24, 2.45) is 0 Å². The summed E-state index contributed by atoms with van der Waals surface area (Å²) in [4.78, 5) is 11.9. The standard InChI is InChI=1S/C11H9ClN2OS/c12-8-2-1-3-9(13)10(8)11(15)14-7-4-5-16-6-7/h1-6H,13H2,(H,14,15). The number of carbonyl (C=O) groups excluding carboxylic acids is 1. The van der Waals surface area contributed by atoms with Gasteiger partial charge in [-0.3, -0.25) is 4.79 Å². The summed E-state index contributed by atoms with van der Waals surface area (Å²) >= 11 is 7.43. The lowest BCUT2D eigenvalue weighted by molar-refractivity contribution is 0.102. The monoisotopic (exact) mass is 252 g/mol. The van der Waals surface area contributed by atoms with Crippen molar-refractivity contribution in [1.82, 2.24) is 0 Å². The number of carbonyl (C=O) groups is 1. The minimum Gasteiger partial charge on any atom is -0.398 e. The number of benzene rings is 1. The largest absolute Gasteiger partial charge is 0.398 e. The van der Waals surface area contributed by atoms with Gasteiger partial charge in [0.05, 0.1) is 16.3 Å². The topological polar surface area (TPSA) is 55.1 Å². The number of thiophene rings is 1. The molecular formula is C11H9ClN2OS. The lowest BCUT2D eigenvalue weighted by Gasteiger charge is -2.07. The molecule has 0 aliphatic heterocycles. The molecule has 1 aromatic carbocycles. The Kier molecular flexibility index (Phi) is 3.12. The molecule has 82 valence electrons. The van der Waals surface area contributed by atoms with Gasteiger partial charge in [-0.15, -0.1) is 0 Å². The van der Waals surface area contributed by atoms with Gasteiger partial charge in [0.1, 0.15) is 0 Å². The van der Waals surface area contributed by atoms with Crippen LogP contribution in [0.4, 0.5) is 11.4 Å². The lowest BCUT2D eigenvalue weighted by Crippen LogP contribution is -2.14. The molecule has 1 amide bonds. The van der Waals surface area contributed by atoms with Crippen molar-refractivity contribution in [3.05, 3.63) is 45.6 Å². The van der Waals surface area contributed by atoms with E-state index in [1.54, 1.807) is 18.2 Å². The van der Waals surface area contributed by atoms with Crippen LogP contribution in [0.25, 0.3) is 0 Å². The van der Waals surface area contributed by atoms with Gasteiger partial charge in [-0.05, 0) is 23.6 Å². The van der Waals surface area contributed by atoms with Gasteiger partial charge in [-0.2, -0.15) is 11.3 Å². The van der Waals surface area contributed by atoms with Crippen LogP contribution in [0.5, 0.6) is 0 Å². The molecule has 0 saturated heterocycles. The molecule has 3 N–H and O–H groups in total. The Morgan fingerprint density at radius 2 is 2.19 bits per heavy atom. The maximum atomic E-state index is 11.9. The molecule has 2 aromatic rings. The van der Waals surface area contributed by atoms with E-state index in [2.05, 4.69) is 5.32 Å². The third-order valence-corrected chi connectivity index (χ3v) is 3.05. The minimum atomic E-state index is -0.290. The predicted octanol–water partition coefficient (Wildman–Crippen LogP) is 3.24. The summed E-state index contributed by atoms with van der Waals surface area (Å²) in [6.07, 6.45) is 0. The Bertz CT molecular complexity index is 490. The second-order valence-electron chi connectivity index (χ2n) is 3.17. The molecule has 3 nitrogen and oxygen atoms in total. The summed E-state index contributed by atoms with van der Waals surface area (Å²) in [5.74, 6) is -0.290. The highest BCUT2D eigenvalue weighted by molar-refractivity contribution is 7.08. The highest BCUT2D eigenvalue weighted by Crippen LogP contribution is 2.23. The minimum absolute atomic E-state index is 0.290. The Balaban J connectivity index is 2.28. The highest BCUT2D eigenvalue weighted by atomic mass is 35.5. The second-order valence-corrected chi connectivity index (χ2v) is 4.36. The van der Waals surface area contributed by atoms with Crippen LogP contribution in [0.1, 0.15) is 10.4 Å². The quantitative estimate of drug-likeness (QED) is 0.807. The fourth-order valence-corrected chi connectivity index (χ4v) is 2.17. The molecule has 16 heavy (non-hydrogen) atoms. The van der Waals surface area contributed by atoms with Crippen LogP contribution < -0.4 is 11.1 Å².